The number of hydrogen-bond acceptors (Lipinski definition) is 3. The summed E-state index contributed by atoms with van der Waals surface area (Å²) in [5, 5.41) is 2.91. The number of carbonyl (C=O) groups excluding carboxylic acids is 1. The number of hydrogen-bond donors (Lipinski definition) is 2. The number of benzene rings is 1. The fraction of sp³-hybridized carbons (Fsp3) is 0.533. The summed E-state index contributed by atoms with van der Waals surface area (Å²) in [4.78, 5) is 11.8. The molecule has 0 saturated heterocycles. The maximum atomic E-state index is 11.8. The summed E-state index contributed by atoms with van der Waals surface area (Å²) in [5.74, 6) is 0.834. The Morgan fingerprint density at radius 1 is 1.35 bits per heavy atom. The molecule has 4 nitrogen and oxygen atoms in total. The van der Waals surface area contributed by atoms with Gasteiger partial charge in [-0.05, 0) is 38.2 Å². The predicted octanol–water partition coefficient (Wildman–Crippen LogP) is 2.15. The van der Waals surface area contributed by atoms with Crippen molar-refractivity contribution >= 4 is 18.3 Å². The molecule has 2 fully saturated rings. The van der Waals surface area contributed by atoms with Crippen LogP contribution in [-0.4, -0.2) is 17.6 Å². The van der Waals surface area contributed by atoms with Gasteiger partial charge < -0.3 is 15.8 Å². The van der Waals surface area contributed by atoms with Gasteiger partial charge >= 0.3 is 0 Å². The van der Waals surface area contributed by atoms with E-state index >= 15 is 0 Å². The molecule has 5 heteroatoms. The molecule has 3 rings (SSSR count). The van der Waals surface area contributed by atoms with Crippen molar-refractivity contribution in [2.45, 2.75) is 50.3 Å². The standard InChI is InChI=1S/C15H20N2O2.ClH/c16-15(8-9-15)14(18)17-10-11-4-1-2-7-13(11)19-12-5-3-6-12;/h1-2,4,7,12H,3,5-6,8-10,16H2,(H,17,18);1H. The third-order valence-corrected chi connectivity index (χ3v) is 4.00. The summed E-state index contributed by atoms with van der Waals surface area (Å²) >= 11 is 0. The topological polar surface area (TPSA) is 64.4 Å². The second-order valence-corrected chi connectivity index (χ2v) is 5.62. The Morgan fingerprint density at radius 2 is 2.05 bits per heavy atom. The third-order valence-electron chi connectivity index (χ3n) is 4.00. The fourth-order valence-corrected chi connectivity index (χ4v) is 2.15. The second kappa shape index (κ2) is 6.02. The van der Waals surface area contributed by atoms with Gasteiger partial charge in [-0.15, -0.1) is 12.4 Å². The van der Waals surface area contributed by atoms with Crippen LogP contribution in [0.15, 0.2) is 24.3 Å². The fourth-order valence-electron chi connectivity index (χ4n) is 2.15. The molecule has 2 aliphatic carbocycles. The Balaban J connectivity index is 0.00000147. The second-order valence-electron chi connectivity index (χ2n) is 5.62. The molecular weight excluding hydrogens is 276 g/mol. The first kappa shape index (κ1) is 15.1. The van der Waals surface area contributed by atoms with E-state index in [1.165, 1.54) is 6.42 Å². The predicted molar refractivity (Wildman–Crippen MR) is 80.0 cm³/mol. The lowest BCUT2D eigenvalue weighted by Gasteiger charge is -2.27. The van der Waals surface area contributed by atoms with Crippen LogP contribution >= 0.6 is 12.4 Å². The van der Waals surface area contributed by atoms with Crippen LogP contribution < -0.4 is 15.8 Å². The molecule has 0 aliphatic heterocycles. The normalized spacial score (nSPS) is 19.4. The summed E-state index contributed by atoms with van der Waals surface area (Å²) in [6.45, 7) is 0.487. The lowest BCUT2D eigenvalue weighted by Crippen LogP contribution is -2.42. The van der Waals surface area contributed by atoms with E-state index in [1.807, 2.05) is 24.3 Å². The molecule has 0 unspecified atom stereocenters. The Morgan fingerprint density at radius 3 is 2.65 bits per heavy atom. The highest BCUT2D eigenvalue weighted by molar-refractivity contribution is 5.88. The van der Waals surface area contributed by atoms with Crippen molar-refractivity contribution in [1.82, 2.24) is 5.32 Å². The van der Waals surface area contributed by atoms with Gasteiger partial charge in [0.1, 0.15) is 5.75 Å². The van der Waals surface area contributed by atoms with Crippen LogP contribution in [0.25, 0.3) is 0 Å². The first-order valence-electron chi connectivity index (χ1n) is 6.99. The Bertz CT molecular complexity index is 485. The Kier molecular flexibility index (Phi) is 4.55. The van der Waals surface area contributed by atoms with Crippen molar-refractivity contribution in [2.75, 3.05) is 0 Å². The van der Waals surface area contributed by atoms with Crippen LogP contribution in [0.3, 0.4) is 0 Å². The van der Waals surface area contributed by atoms with Crippen molar-refractivity contribution in [3.8, 4) is 5.75 Å². The molecule has 3 N–H and O–H groups in total. The molecule has 0 aromatic heterocycles. The van der Waals surface area contributed by atoms with Gasteiger partial charge in [-0.2, -0.15) is 0 Å². The van der Waals surface area contributed by atoms with E-state index in [2.05, 4.69) is 5.32 Å². The van der Waals surface area contributed by atoms with E-state index in [-0.39, 0.29) is 18.3 Å². The molecule has 2 saturated carbocycles. The number of halogens is 1. The first-order valence-corrected chi connectivity index (χ1v) is 6.99. The average Bonchev–Trinajstić information content (AvgIpc) is 3.11. The quantitative estimate of drug-likeness (QED) is 0.875. The lowest BCUT2D eigenvalue weighted by molar-refractivity contribution is -0.123. The zero-order valence-electron chi connectivity index (χ0n) is 11.4. The lowest BCUT2D eigenvalue weighted by atomic mass is 9.96. The van der Waals surface area contributed by atoms with Crippen LogP contribution in [0.1, 0.15) is 37.7 Å². The Labute approximate surface area is 125 Å². The van der Waals surface area contributed by atoms with E-state index in [0.717, 1.165) is 37.0 Å². The van der Waals surface area contributed by atoms with Gasteiger partial charge in [-0.1, -0.05) is 18.2 Å². The SMILES string of the molecule is Cl.NC1(C(=O)NCc2ccccc2OC2CCC2)CC1. The van der Waals surface area contributed by atoms with Crippen molar-refractivity contribution in [1.29, 1.82) is 0 Å². The Hall–Kier alpha value is -1.26. The molecule has 0 atom stereocenters. The van der Waals surface area contributed by atoms with Crippen LogP contribution in [0.4, 0.5) is 0 Å². The van der Waals surface area contributed by atoms with E-state index in [1.54, 1.807) is 0 Å². The van der Waals surface area contributed by atoms with E-state index in [9.17, 15) is 4.79 Å². The zero-order valence-corrected chi connectivity index (χ0v) is 12.2. The number of amides is 1. The molecule has 20 heavy (non-hydrogen) atoms. The average molecular weight is 297 g/mol. The number of rotatable bonds is 5. The molecule has 110 valence electrons. The van der Waals surface area contributed by atoms with Gasteiger partial charge in [0.05, 0.1) is 11.6 Å². The van der Waals surface area contributed by atoms with Gasteiger partial charge in [-0.3, -0.25) is 4.79 Å². The minimum absolute atomic E-state index is 0. The van der Waals surface area contributed by atoms with Gasteiger partial charge in [0.2, 0.25) is 5.91 Å². The van der Waals surface area contributed by atoms with Crippen molar-refractivity contribution < 1.29 is 9.53 Å². The van der Waals surface area contributed by atoms with E-state index in [0.29, 0.717) is 12.6 Å². The van der Waals surface area contributed by atoms with Crippen molar-refractivity contribution in [3.63, 3.8) is 0 Å². The van der Waals surface area contributed by atoms with Crippen LogP contribution in [0.2, 0.25) is 0 Å². The number of carbonyl (C=O) groups is 1. The minimum Gasteiger partial charge on any atom is -0.490 e. The molecular formula is C15H21ClN2O2. The van der Waals surface area contributed by atoms with Crippen molar-refractivity contribution in [2.24, 2.45) is 5.73 Å². The number of ether oxygens (including phenoxy) is 1. The summed E-state index contributed by atoms with van der Waals surface area (Å²) in [5.41, 5.74) is 6.27. The summed E-state index contributed by atoms with van der Waals surface area (Å²) < 4.78 is 5.93. The van der Waals surface area contributed by atoms with Crippen LogP contribution in [-0.2, 0) is 11.3 Å². The smallest absolute Gasteiger partial charge is 0.240 e. The molecule has 0 heterocycles. The van der Waals surface area contributed by atoms with Crippen LogP contribution in [0.5, 0.6) is 5.75 Å². The highest BCUT2D eigenvalue weighted by Gasteiger charge is 2.45. The third kappa shape index (κ3) is 3.25. The zero-order chi connectivity index (χ0) is 13.3. The molecule has 0 bridgehead atoms. The van der Waals surface area contributed by atoms with Gasteiger partial charge in [-0.25, -0.2) is 0 Å². The summed E-state index contributed by atoms with van der Waals surface area (Å²) in [7, 11) is 0. The van der Waals surface area contributed by atoms with Crippen LogP contribution in [0, 0.1) is 0 Å². The number of para-hydroxylation sites is 1. The van der Waals surface area contributed by atoms with Crippen molar-refractivity contribution in [3.05, 3.63) is 29.8 Å². The summed E-state index contributed by atoms with van der Waals surface area (Å²) in [6, 6.07) is 7.88. The monoisotopic (exact) mass is 296 g/mol. The molecule has 0 spiro atoms. The van der Waals surface area contributed by atoms with Gasteiger partial charge in [0.15, 0.2) is 0 Å². The van der Waals surface area contributed by atoms with Gasteiger partial charge in [0, 0.05) is 12.1 Å². The van der Waals surface area contributed by atoms with E-state index < -0.39 is 5.54 Å². The molecule has 2 aliphatic rings. The number of nitrogens with two attached hydrogens (primary N) is 1. The van der Waals surface area contributed by atoms with E-state index in [4.69, 9.17) is 10.5 Å². The molecule has 1 aromatic carbocycles. The highest BCUT2D eigenvalue weighted by Crippen LogP contribution is 2.32. The summed E-state index contributed by atoms with van der Waals surface area (Å²) in [6.07, 6.45) is 5.44. The first-order chi connectivity index (χ1) is 9.17. The molecule has 1 amide bonds. The highest BCUT2D eigenvalue weighted by atomic mass is 35.5. The molecule has 1 aromatic rings. The maximum Gasteiger partial charge on any atom is 0.240 e. The molecule has 0 radical (unpaired) electrons. The maximum absolute atomic E-state index is 11.8. The minimum atomic E-state index is -0.607. The number of nitrogens with one attached hydrogen (secondary N) is 1. The largest absolute Gasteiger partial charge is 0.490 e. The van der Waals surface area contributed by atoms with Gasteiger partial charge in [0.25, 0.3) is 0 Å².